The van der Waals surface area contributed by atoms with E-state index in [2.05, 4.69) is 68.4 Å². The van der Waals surface area contributed by atoms with E-state index < -0.39 is 0 Å². The molecule has 2 heterocycles. The quantitative estimate of drug-likeness (QED) is 0.653. The number of carbonyl (C=O) groups excluding carboxylic acids is 1. The molecule has 2 amide bonds. The van der Waals surface area contributed by atoms with Crippen LogP contribution in [0, 0.1) is 0 Å². The number of urea groups is 1. The molecule has 0 saturated heterocycles. The second-order valence-electron chi connectivity index (χ2n) is 6.74. The Morgan fingerprint density at radius 2 is 1.78 bits per heavy atom. The smallest absolute Gasteiger partial charge is 0.318 e. The zero-order valence-corrected chi connectivity index (χ0v) is 16.6. The largest absolute Gasteiger partial charge is 0.348 e. The van der Waals surface area contributed by atoms with Crippen LogP contribution in [0.5, 0.6) is 0 Å². The van der Waals surface area contributed by atoms with Gasteiger partial charge >= 0.3 is 6.03 Å². The Labute approximate surface area is 167 Å². The van der Waals surface area contributed by atoms with E-state index in [9.17, 15) is 4.79 Å². The van der Waals surface area contributed by atoms with Crippen molar-refractivity contribution in [1.82, 2.24) is 14.8 Å². The molecule has 0 bridgehead atoms. The van der Waals surface area contributed by atoms with Crippen LogP contribution in [0.3, 0.4) is 0 Å². The lowest BCUT2D eigenvalue weighted by molar-refractivity contribution is 0.169. The molecule has 1 aliphatic rings. The maximum Gasteiger partial charge on any atom is 0.318 e. The van der Waals surface area contributed by atoms with E-state index in [0.29, 0.717) is 13.1 Å². The van der Waals surface area contributed by atoms with E-state index >= 15 is 0 Å². The van der Waals surface area contributed by atoms with E-state index in [1.165, 1.54) is 5.56 Å². The number of hydrogen-bond donors (Lipinski definition) is 1. The fourth-order valence-electron chi connectivity index (χ4n) is 3.66. The van der Waals surface area contributed by atoms with Crippen molar-refractivity contribution in [1.29, 1.82) is 0 Å². The highest BCUT2D eigenvalue weighted by Gasteiger charge is 2.31. The molecule has 5 heteroatoms. The highest BCUT2D eigenvalue weighted by Crippen LogP contribution is 2.33. The molecule has 138 valence electrons. The zero-order valence-electron chi connectivity index (χ0n) is 15.0. The van der Waals surface area contributed by atoms with E-state index in [1.54, 1.807) is 0 Å². The van der Waals surface area contributed by atoms with E-state index in [1.807, 2.05) is 35.2 Å². The van der Waals surface area contributed by atoms with Crippen LogP contribution in [0.1, 0.15) is 22.9 Å². The average molecular weight is 424 g/mol. The molecule has 4 rings (SSSR count). The van der Waals surface area contributed by atoms with Gasteiger partial charge in [0.05, 0.1) is 6.04 Å². The van der Waals surface area contributed by atoms with Gasteiger partial charge < -0.3 is 14.8 Å². The minimum atomic E-state index is -0.0708. The summed E-state index contributed by atoms with van der Waals surface area (Å²) in [6.07, 6.45) is 2.92. The fraction of sp³-hybridized carbons (Fsp3) is 0.227. The highest BCUT2D eigenvalue weighted by atomic mass is 79.9. The normalized spacial score (nSPS) is 16.0. The molecular weight excluding hydrogens is 402 g/mol. The fourth-order valence-corrected chi connectivity index (χ4v) is 3.92. The van der Waals surface area contributed by atoms with Crippen molar-refractivity contribution in [2.45, 2.75) is 19.0 Å². The number of aromatic nitrogens is 1. The number of halogens is 1. The third kappa shape index (κ3) is 3.93. The molecule has 4 nitrogen and oxygen atoms in total. The molecule has 1 aliphatic heterocycles. The monoisotopic (exact) mass is 423 g/mol. The van der Waals surface area contributed by atoms with Crippen molar-refractivity contribution in [3.8, 4) is 0 Å². The van der Waals surface area contributed by atoms with Crippen molar-refractivity contribution < 1.29 is 4.79 Å². The third-order valence-electron chi connectivity index (χ3n) is 5.02. The van der Waals surface area contributed by atoms with Gasteiger partial charge in [-0.05, 0) is 41.8 Å². The molecule has 2 aromatic carbocycles. The van der Waals surface area contributed by atoms with Gasteiger partial charge in [0.1, 0.15) is 0 Å². The van der Waals surface area contributed by atoms with E-state index in [4.69, 9.17) is 0 Å². The predicted molar refractivity (Wildman–Crippen MR) is 111 cm³/mol. The van der Waals surface area contributed by atoms with Crippen molar-refractivity contribution in [3.05, 3.63) is 94.2 Å². The van der Waals surface area contributed by atoms with Gasteiger partial charge in [0, 0.05) is 36.0 Å². The van der Waals surface area contributed by atoms with Crippen LogP contribution in [-0.4, -0.2) is 28.6 Å². The molecule has 0 spiro atoms. The number of nitrogens with zero attached hydrogens (tertiary/aromatic N) is 2. The summed E-state index contributed by atoms with van der Waals surface area (Å²) in [5.74, 6) is 0. The molecule has 0 fully saturated rings. The summed E-state index contributed by atoms with van der Waals surface area (Å²) < 4.78 is 3.27. The first kappa shape index (κ1) is 17.9. The van der Waals surface area contributed by atoms with Crippen LogP contribution >= 0.6 is 15.9 Å². The minimum Gasteiger partial charge on any atom is -0.348 e. The van der Waals surface area contributed by atoms with Crippen molar-refractivity contribution >= 4 is 22.0 Å². The van der Waals surface area contributed by atoms with E-state index in [0.717, 1.165) is 28.7 Å². The molecule has 1 aromatic heterocycles. The van der Waals surface area contributed by atoms with E-state index in [-0.39, 0.29) is 12.1 Å². The highest BCUT2D eigenvalue weighted by molar-refractivity contribution is 9.10. The van der Waals surface area contributed by atoms with Gasteiger partial charge in [0.2, 0.25) is 0 Å². The number of benzene rings is 2. The van der Waals surface area contributed by atoms with Gasteiger partial charge in [-0.15, -0.1) is 0 Å². The van der Waals surface area contributed by atoms with Gasteiger partial charge in [0.25, 0.3) is 0 Å². The molecule has 0 radical (unpaired) electrons. The Kier molecular flexibility index (Phi) is 5.30. The van der Waals surface area contributed by atoms with Gasteiger partial charge in [-0.1, -0.05) is 58.4 Å². The molecule has 0 unspecified atom stereocenters. The second kappa shape index (κ2) is 8.01. The summed E-state index contributed by atoms with van der Waals surface area (Å²) in [6, 6.07) is 22.6. The molecule has 3 aromatic rings. The molecule has 1 N–H and O–H groups in total. The van der Waals surface area contributed by atoms with Crippen molar-refractivity contribution in [3.63, 3.8) is 0 Å². The van der Waals surface area contributed by atoms with Crippen LogP contribution in [0.15, 0.2) is 77.4 Å². The summed E-state index contributed by atoms with van der Waals surface area (Å²) in [4.78, 5) is 14.9. The Hall–Kier alpha value is -2.53. The molecule has 27 heavy (non-hydrogen) atoms. The van der Waals surface area contributed by atoms with Crippen LogP contribution in [0.2, 0.25) is 0 Å². The maximum atomic E-state index is 13.0. The Bertz CT molecular complexity index is 905. The van der Waals surface area contributed by atoms with Gasteiger partial charge in [0.15, 0.2) is 0 Å². The molecule has 0 aliphatic carbocycles. The first-order valence-corrected chi connectivity index (χ1v) is 10.0. The van der Waals surface area contributed by atoms with Crippen molar-refractivity contribution in [2.75, 3.05) is 13.1 Å². The summed E-state index contributed by atoms with van der Waals surface area (Å²) in [5.41, 5.74) is 3.51. The van der Waals surface area contributed by atoms with Gasteiger partial charge in [-0.3, -0.25) is 0 Å². The number of amides is 2. The van der Waals surface area contributed by atoms with Crippen molar-refractivity contribution in [2.24, 2.45) is 0 Å². The lowest BCUT2D eigenvalue weighted by Crippen LogP contribution is -2.47. The molecule has 1 atom stereocenters. The Morgan fingerprint density at radius 3 is 2.56 bits per heavy atom. The topological polar surface area (TPSA) is 37.3 Å². The van der Waals surface area contributed by atoms with Crippen LogP contribution in [-0.2, 0) is 13.0 Å². The number of carbonyl (C=O) groups is 1. The average Bonchev–Trinajstić information content (AvgIpc) is 3.17. The number of fused-ring (bicyclic) bond motifs is 1. The zero-order chi connectivity index (χ0) is 18.6. The standard InChI is InChI=1S/C22H22BrN3O/c23-19-10-8-18(9-11-19)21-20-7-4-14-25(20)15-16-26(21)22(27)24-13-12-17-5-2-1-3-6-17/h1-11,14,21H,12-13,15-16H2,(H,24,27)/t21-/m1/s1. The predicted octanol–water partition coefficient (Wildman–Crippen LogP) is 4.61. The van der Waals surface area contributed by atoms with Crippen LogP contribution < -0.4 is 5.32 Å². The number of nitrogens with one attached hydrogen (secondary N) is 1. The first-order valence-electron chi connectivity index (χ1n) is 9.21. The van der Waals surface area contributed by atoms with Gasteiger partial charge in [-0.2, -0.15) is 0 Å². The SMILES string of the molecule is O=C(NCCc1ccccc1)N1CCn2cccc2[C@H]1c1ccc(Br)cc1. The Balaban J connectivity index is 1.51. The minimum absolute atomic E-state index is 0.00806. The molecule has 0 saturated carbocycles. The summed E-state index contributed by atoms with van der Waals surface area (Å²) in [5, 5.41) is 3.10. The lowest BCUT2D eigenvalue weighted by atomic mass is 10.0. The summed E-state index contributed by atoms with van der Waals surface area (Å²) >= 11 is 3.50. The number of hydrogen-bond acceptors (Lipinski definition) is 1. The Morgan fingerprint density at radius 1 is 1.00 bits per heavy atom. The maximum absolute atomic E-state index is 13.0. The second-order valence-corrected chi connectivity index (χ2v) is 7.66. The van der Waals surface area contributed by atoms with Crippen LogP contribution in [0.25, 0.3) is 0 Å². The first-order chi connectivity index (χ1) is 13.2. The van der Waals surface area contributed by atoms with Gasteiger partial charge in [-0.25, -0.2) is 4.79 Å². The third-order valence-corrected chi connectivity index (χ3v) is 5.55. The summed E-state index contributed by atoms with van der Waals surface area (Å²) in [7, 11) is 0. The summed E-state index contributed by atoms with van der Waals surface area (Å²) in [6.45, 7) is 2.15. The van der Waals surface area contributed by atoms with Crippen LogP contribution in [0.4, 0.5) is 4.79 Å². The molecular formula is C22H22BrN3O. The lowest BCUT2D eigenvalue weighted by Gasteiger charge is -2.37. The number of rotatable bonds is 4.